The van der Waals surface area contributed by atoms with Crippen molar-refractivity contribution in [2.75, 3.05) is 32.7 Å². The number of carbonyl (C=O) groups excluding carboxylic acids is 1. The van der Waals surface area contributed by atoms with Crippen molar-refractivity contribution in [1.29, 1.82) is 0 Å². The molecule has 2 aliphatic heterocycles. The average Bonchev–Trinajstić information content (AvgIpc) is 2.95. The van der Waals surface area contributed by atoms with Gasteiger partial charge in [-0.3, -0.25) is 9.69 Å². The van der Waals surface area contributed by atoms with Crippen molar-refractivity contribution in [3.05, 3.63) is 35.4 Å². The van der Waals surface area contributed by atoms with E-state index in [2.05, 4.69) is 4.90 Å². The highest BCUT2D eigenvalue weighted by Crippen LogP contribution is 2.23. The molecule has 0 radical (unpaired) electrons. The molecule has 2 saturated heterocycles. The Balaban J connectivity index is 1.75. The van der Waals surface area contributed by atoms with E-state index in [1.54, 1.807) is 0 Å². The first-order chi connectivity index (χ1) is 9.79. The quantitative estimate of drug-likeness (QED) is 0.897. The first-order valence-corrected chi connectivity index (χ1v) is 7.61. The third-order valence-corrected chi connectivity index (χ3v) is 4.54. The molecule has 1 atom stereocenters. The van der Waals surface area contributed by atoms with E-state index in [1.807, 2.05) is 29.2 Å². The van der Waals surface area contributed by atoms with Crippen molar-refractivity contribution in [3.8, 4) is 0 Å². The van der Waals surface area contributed by atoms with Gasteiger partial charge in [-0.25, -0.2) is 0 Å². The summed E-state index contributed by atoms with van der Waals surface area (Å²) in [5.74, 6) is 0.181. The Kier molecular flexibility index (Phi) is 4.03. The monoisotopic (exact) mass is 273 g/mol. The Labute approximate surface area is 120 Å². The molecule has 1 unspecified atom stereocenters. The highest BCUT2D eigenvalue weighted by Gasteiger charge is 2.33. The van der Waals surface area contributed by atoms with Gasteiger partial charge in [-0.15, -0.1) is 0 Å². The first-order valence-electron chi connectivity index (χ1n) is 7.61. The zero-order valence-corrected chi connectivity index (χ0v) is 11.9. The van der Waals surface area contributed by atoms with Crippen LogP contribution in [0.25, 0.3) is 0 Å². The second-order valence-electron chi connectivity index (χ2n) is 5.78. The van der Waals surface area contributed by atoms with Gasteiger partial charge in [-0.05, 0) is 44.0 Å². The van der Waals surface area contributed by atoms with Gasteiger partial charge in [-0.1, -0.05) is 18.2 Å². The Bertz CT molecular complexity index is 488. The summed E-state index contributed by atoms with van der Waals surface area (Å²) in [6.45, 7) is 4.55. The summed E-state index contributed by atoms with van der Waals surface area (Å²) >= 11 is 0. The molecule has 0 aliphatic carbocycles. The summed E-state index contributed by atoms with van der Waals surface area (Å²) in [5.41, 5.74) is 7.56. The van der Waals surface area contributed by atoms with Crippen molar-refractivity contribution >= 4 is 5.91 Å². The number of piperazine rings is 1. The lowest BCUT2D eigenvalue weighted by Gasteiger charge is -2.37. The molecule has 2 aliphatic rings. The summed E-state index contributed by atoms with van der Waals surface area (Å²) in [5, 5.41) is 0. The van der Waals surface area contributed by atoms with E-state index in [-0.39, 0.29) is 5.91 Å². The number of amides is 1. The van der Waals surface area contributed by atoms with E-state index >= 15 is 0 Å². The molecular weight excluding hydrogens is 250 g/mol. The van der Waals surface area contributed by atoms with Crippen LogP contribution in [0.15, 0.2) is 24.3 Å². The third-order valence-electron chi connectivity index (χ3n) is 4.54. The third kappa shape index (κ3) is 2.58. The smallest absolute Gasteiger partial charge is 0.254 e. The van der Waals surface area contributed by atoms with Crippen LogP contribution in [0.2, 0.25) is 0 Å². The number of rotatable bonds is 3. The number of carbonyl (C=O) groups is 1. The maximum atomic E-state index is 12.8. The maximum Gasteiger partial charge on any atom is 0.254 e. The van der Waals surface area contributed by atoms with Crippen molar-refractivity contribution < 1.29 is 4.79 Å². The van der Waals surface area contributed by atoms with Crippen LogP contribution in [0, 0.1) is 0 Å². The lowest BCUT2D eigenvalue weighted by Crippen LogP contribution is -2.52. The topological polar surface area (TPSA) is 49.6 Å². The van der Waals surface area contributed by atoms with Crippen molar-refractivity contribution in [2.45, 2.75) is 25.3 Å². The molecule has 1 amide bonds. The predicted octanol–water partition coefficient (Wildman–Crippen LogP) is 1.11. The molecule has 4 nitrogen and oxygen atoms in total. The molecule has 2 heterocycles. The van der Waals surface area contributed by atoms with E-state index in [1.165, 1.54) is 19.4 Å². The summed E-state index contributed by atoms with van der Waals surface area (Å²) in [7, 11) is 0. The van der Waals surface area contributed by atoms with Crippen LogP contribution >= 0.6 is 0 Å². The molecule has 4 heteroatoms. The molecule has 0 spiro atoms. The fourth-order valence-electron chi connectivity index (χ4n) is 3.45. The fraction of sp³-hybridized carbons (Fsp3) is 0.562. The molecule has 0 bridgehead atoms. The van der Waals surface area contributed by atoms with Crippen molar-refractivity contribution in [3.63, 3.8) is 0 Å². The lowest BCUT2D eigenvalue weighted by molar-refractivity contribution is 0.0570. The van der Waals surface area contributed by atoms with Crippen LogP contribution in [0.4, 0.5) is 0 Å². The Morgan fingerprint density at radius 2 is 2.10 bits per heavy atom. The number of hydrogen-bond acceptors (Lipinski definition) is 3. The molecule has 0 aromatic heterocycles. The van der Waals surface area contributed by atoms with Gasteiger partial charge in [0.25, 0.3) is 5.91 Å². The Morgan fingerprint density at radius 1 is 1.25 bits per heavy atom. The second-order valence-corrected chi connectivity index (χ2v) is 5.78. The van der Waals surface area contributed by atoms with Crippen LogP contribution < -0.4 is 5.73 Å². The molecule has 108 valence electrons. The molecule has 2 fully saturated rings. The largest absolute Gasteiger partial charge is 0.336 e. The molecular formula is C16H23N3O. The maximum absolute atomic E-state index is 12.8. The van der Waals surface area contributed by atoms with Gasteiger partial charge in [0.2, 0.25) is 0 Å². The normalized spacial score (nSPS) is 22.9. The number of fused-ring (bicyclic) bond motifs is 1. The van der Waals surface area contributed by atoms with Crippen molar-refractivity contribution in [2.24, 2.45) is 5.73 Å². The van der Waals surface area contributed by atoms with Crippen LogP contribution in [-0.2, 0) is 6.42 Å². The molecule has 20 heavy (non-hydrogen) atoms. The number of nitrogens with zero attached hydrogens (tertiary/aromatic N) is 2. The molecule has 2 N–H and O–H groups in total. The second kappa shape index (κ2) is 5.94. The SMILES string of the molecule is NCCc1ccccc1C(=O)N1CCN2CCCC2C1. The van der Waals surface area contributed by atoms with Crippen LogP contribution in [0.3, 0.4) is 0 Å². The zero-order valence-electron chi connectivity index (χ0n) is 11.9. The average molecular weight is 273 g/mol. The van der Waals surface area contributed by atoms with Gasteiger partial charge >= 0.3 is 0 Å². The van der Waals surface area contributed by atoms with E-state index in [0.717, 1.165) is 37.2 Å². The van der Waals surface area contributed by atoms with Crippen molar-refractivity contribution in [1.82, 2.24) is 9.80 Å². The van der Waals surface area contributed by atoms with E-state index in [0.29, 0.717) is 12.6 Å². The van der Waals surface area contributed by atoms with Crippen LogP contribution in [-0.4, -0.2) is 54.5 Å². The molecule has 0 saturated carbocycles. The standard InChI is InChI=1S/C16H23N3O/c17-8-7-13-4-1-2-6-15(13)16(20)19-11-10-18-9-3-5-14(18)12-19/h1-2,4,6,14H,3,5,7-12,17H2. The van der Waals surface area contributed by atoms with E-state index < -0.39 is 0 Å². The minimum Gasteiger partial charge on any atom is -0.336 e. The predicted molar refractivity (Wildman–Crippen MR) is 79.7 cm³/mol. The van der Waals surface area contributed by atoms with Gasteiger partial charge in [-0.2, -0.15) is 0 Å². The molecule has 3 rings (SSSR count). The number of benzene rings is 1. The van der Waals surface area contributed by atoms with Gasteiger partial charge < -0.3 is 10.6 Å². The Hall–Kier alpha value is -1.39. The van der Waals surface area contributed by atoms with Gasteiger partial charge in [0.15, 0.2) is 0 Å². The van der Waals surface area contributed by atoms with Crippen LogP contribution in [0.5, 0.6) is 0 Å². The minimum atomic E-state index is 0.181. The summed E-state index contributed by atoms with van der Waals surface area (Å²) in [4.78, 5) is 17.3. The summed E-state index contributed by atoms with van der Waals surface area (Å²) in [6, 6.07) is 8.46. The van der Waals surface area contributed by atoms with Gasteiger partial charge in [0, 0.05) is 31.2 Å². The summed E-state index contributed by atoms with van der Waals surface area (Å²) < 4.78 is 0. The first kappa shape index (κ1) is 13.6. The van der Waals surface area contributed by atoms with Gasteiger partial charge in [0.1, 0.15) is 0 Å². The summed E-state index contributed by atoms with van der Waals surface area (Å²) in [6.07, 6.45) is 3.27. The number of nitrogens with two attached hydrogens (primary N) is 1. The zero-order chi connectivity index (χ0) is 13.9. The number of hydrogen-bond donors (Lipinski definition) is 1. The van der Waals surface area contributed by atoms with Gasteiger partial charge in [0.05, 0.1) is 0 Å². The fourth-order valence-corrected chi connectivity index (χ4v) is 3.45. The minimum absolute atomic E-state index is 0.181. The lowest BCUT2D eigenvalue weighted by atomic mass is 10.0. The Morgan fingerprint density at radius 3 is 2.95 bits per heavy atom. The highest BCUT2D eigenvalue weighted by atomic mass is 16.2. The molecule has 1 aromatic carbocycles. The van der Waals surface area contributed by atoms with E-state index in [4.69, 9.17) is 5.73 Å². The van der Waals surface area contributed by atoms with E-state index in [9.17, 15) is 4.79 Å². The van der Waals surface area contributed by atoms with Crippen LogP contribution in [0.1, 0.15) is 28.8 Å². The molecule has 1 aromatic rings. The highest BCUT2D eigenvalue weighted by molar-refractivity contribution is 5.95.